The number of hydrogen-bond acceptors (Lipinski definition) is 2. The molecule has 1 aliphatic carbocycles. The molecule has 0 aromatic carbocycles. The quantitative estimate of drug-likeness (QED) is 0.425. The highest BCUT2D eigenvalue weighted by atomic mass is 19.1. The van der Waals surface area contributed by atoms with Crippen molar-refractivity contribution < 1.29 is 9.18 Å². The van der Waals surface area contributed by atoms with E-state index in [0.29, 0.717) is 13.0 Å². The largest absolute Gasteiger partial charge is 0.247 e. The van der Waals surface area contributed by atoms with Gasteiger partial charge in [-0.1, -0.05) is 6.42 Å². The minimum atomic E-state index is -0.739. The fourth-order valence-electron chi connectivity index (χ4n) is 1.35. The van der Waals surface area contributed by atoms with Crippen LogP contribution in [-0.2, 0) is 4.79 Å². The van der Waals surface area contributed by atoms with Gasteiger partial charge in [0.1, 0.15) is 6.17 Å². The molecule has 0 aromatic rings. The Balaban J connectivity index is 2.32. The normalized spacial score (nSPS) is 31.7. The van der Waals surface area contributed by atoms with Gasteiger partial charge in [-0.05, 0) is 12.8 Å². The van der Waals surface area contributed by atoms with Crippen molar-refractivity contribution in [3.63, 3.8) is 0 Å². The average molecular weight is 143 g/mol. The van der Waals surface area contributed by atoms with E-state index in [1.165, 1.54) is 6.08 Å². The minimum Gasteiger partial charge on any atom is -0.247 e. The predicted octanol–water partition coefficient (Wildman–Crippen LogP) is 1.46. The summed E-state index contributed by atoms with van der Waals surface area (Å²) in [5.41, 5.74) is 0. The molecule has 1 rings (SSSR count). The molecule has 1 aliphatic rings. The molecule has 0 bridgehead atoms. The second-order valence-electron chi connectivity index (χ2n) is 2.64. The van der Waals surface area contributed by atoms with Gasteiger partial charge < -0.3 is 0 Å². The van der Waals surface area contributed by atoms with E-state index in [2.05, 4.69) is 4.99 Å². The SMILES string of the molecule is O=C=NCC1CCCC1F. The summed E-state index contributed by atoms with van der Waals surface area (Å²) in [7, 11) is 0. The third-order valence-corrected chi connectivity index (χ3v) is 1.96. The van der Waals surface area contributed by atoms with Gasteiger partial charge in [0.2, 0.25) is 6.08 Å². The molecule has 0 N–H and O–H groups in total. The number of alkyl halides is 1. The minimum absolute atomic E-state index is 0.0125. The van der Waals surface area contributed by atoms with Gasteiger partial charge in [0.25, 0.3) is 0 Å². The van der Waals surface area contributed by atoms with Crippen LogP contribution in [0.3, 0.4) is 0 Å². The van der Waals surface area contributed by atoms with Crippen LogP contribution in [0.2, 0.25) is 0 Å². The molecular weight excluding hydrogens is 133 g/mol. The highest BCUT2D eigenvalue weighted by Crippen LogP contribution is 2.28. The lowest BCUT2D eigenvalue weighted by atomic mass is 10.1. The van der Waals surface area contributed by atoms with Gasteiger partial charge in [0.05, 0.1) is 6.54 Å². The van der Waals surface area contributed by atoms with Gasteiger partial charge in [-0.2, -0.15) is 0 Å². The molecule has 2 unspecified atom stereocenters. The molecule has 0 aromatic heterocycles. The van der Waals surface area contributed by atoms with E-state index in [1.54, 1.807) is 0 Å². The van der Waals surface area contributed by atoms with Crippen molar-refractivity contribution in [3.05, 3.63) is 0 Å². The predicted molar refractivity (Wildman–Crippen MR) is 35.2 cm³/mol. The fourth-order valence-corrected chi connectivity index (χ4v) is 1.35. The highest BCUT2D eigenvalue weighted by Gasteiger charge is 2.26. The molecule has 2 nitrogen and oxygen atoms in total. The van der Waals surface area contributed by atoms with Crippen molar-refractivity contribution >= 4 is 6.08 Å². The van der Waals surface area contributed by atoms with Gasteiger partial charge in [-0.25, -0.2) is 14.2 Å². The topological polar surface area (TPSA) is 29.4 Å². The molecule has 0 aliphatic heterocycles. The number of aliphatic imine (C=N–C) groups is 1. The zero-order chi connectivity index (χ0) is 7.40. The van der Waals surface area contributed by atoms with Crippen molar-refractivity contribution in [2.75, 3.05) is 6.54 Å². The molecule has 10 heavy (non-hydrogen) atoms. The number of carbonyl (C=O) groups excluding carboxylic acids is 1. The van der Waals surface area contributed by atoms with Crippen LogP contribution in [0.15, 0.2) is 4.99 Å². The monoisotopic (exact) mass is 143 g/mol. The van der Waals surface area contributed by atoms with Crippen LogP contribution >= 0.6 is 0 Å². The third kappa shape index (κ3) is 1.64. The standard InChI is InChI=1S/C7H10FNO/c8-7-3-1-2-6(7)4-9-5-10/h6-7H,1-4H2. The molecule has 0 spiro atoms. The van der Waals surface area contributed by atoms with Crippen LogP contribution in [0, 0.1) is 5.92 Å². The van der Waals surface area contributed by atoms with Crippen LogP contribution < -0.4 is 0 Å². The second kappa shape index (κ2) is 3.47. The van der Waals surface area contributed by atoms with Crippen molar-refractivity contribution in [1.82, 2.24) is 0 Å². The third-order valence-electron chi connectivity index (χ3n) is 1.96. The van der Waals surface area contributed by atoms with Crippen molar-refractivity contribution in [1.29, 1.82) is 0 Å². The maximum atomic E-state index is 12.7. The van der Waals surface area contributed by atoms with Gasteiger partial charge in [0, 0.05) is 5.92 Å². The summed E-state index contributed by atoms with van der Waals surface area (Å²) in [4.78, 5) is 13.0. The number of halogens is 1. The summed E-state index contributed by atoms with van der Waals surface area (Å²) in [6.45, 7) is 0.324. The first-order valence-electron chi connectivity index (χ1n) is 3.52. The van der Waals surface area contributed by atoms with Crippen LogP contribution in [0.25, 0.3) is 0 Å². The van der Waals surface area contributed by atoms with Crippen molar-refractivity contribution in [2.24, 2.45) is 10.9 Å². The van der Waals surface area contributed by atoms with Crippen LogP contribution in [-0.4, -0.2) is 18.8 Å². The zero-order valence-electron chi connectivity index (χ0n) is 5.72. The van der Waals surface area contributed by atoms with Gasteiger partial charge in [-0.3, -0.25) is 0 Å². The van der Waals surface area contributed by atoms with Gasteiger partial charge >= 0.3 is 0 Å². The summed E-state index contributed by atoms with van der Waals surface area (Å²) in [5, 5.41) is 0. The molecule has 0 radical (unpaired) electrons. The molecule has 2 atom stereocenters. The van der Waals surface area contributed by atoms with E-state index >= 15 is 0 Å². The van der Waals surface area contributed by atoms with E-state index in [-0.39, 0.29) is 5.92 Å². The molecule has 0 heterocycles. The smallest absolute Gasteiger partial charge is 0.234 e. The summed E-state index contributed by atoms with van der Waals surface area (Å²) < 4.78 is 12.7. The maximum Gasteiger partial charge on any atom is 0.234 e. The Morgan fingerprint density at radius 3 is 2.90 bits per heavy atom. The number of rotatable bonds is 2. The highest BCUT2D eigenvalue weighted by molar-refractivity contribution is 5.32. The van der Waals surface area contributed by atoms with Crippen LogP contribution in [0.5, 0.6) is 0 Å². The van der Waals surface area contributed by atoms with Crippen LogP contribution in [0.1, 0.15) is 19.3 Å². The summed E-state index contributed by atoms with van der Waals surface area (Å²) in [6, 6.07) is 0. The molecule has 3 heteroatoms. The van der Waals surface area contributed by atoms with Crippen molar-refractivity contribution in [3.8, 4) is 0 Å². The van der Waals surface area contributed by atoms with E-state index in [9.17, 15) is 9.18 Å². The summed E-state index contributed by atoms with van der Waals surface area (Å²) in [5.74, 6) is -0.0125. The number of isocyanates is 1. The first-order chi connectivity index (χ1) is 4.84. The molecule has 1 saturated carbocycles. The molecule has 0 saturated heterocycles. The van der Waals surface area contributed by atoms with Gasteiger partial charge in [-0.15, -0.1) is 0 Å². The van der Waals surface area contributed by atoms with E-state index in [1.807, 2.05) is 0 Å². The second-order valence-corrected chi connectivity index (χ2v) is 2.64. The Morgan fingerprint density at radius 2 is 2.40 bits per heavy atom. The lowest BCUT2D eigenvalue weighted by Gasteiger charge is -2.06. The van der Waals surface area contributed by atoms with Gasteiger partial charge in [0.15, 0.2) is 0 Å². The summed E-state index contributed by atoms with van der Waals surface area (Å²) >= 11 is 0. The lowest BCUT2D eigenvalue weighted by Crippen LogP contribution is -2.10. The molecular formula is C7H10FNO. The van der Waals surface area contributed by atoms with Crippen molar-refractivity contribution in [2.45, 2.75) is 25.4 Å². The van der Waals surface area contributed by atoms with Crippen LogP contribution in [0.4, 0.5) is 4.39 Å². The fraction of sp³-hybridized carbons (Fsp3) is 0.857. The maximum absolute atomic E-state index is 12.7. The first kappa shape index (κ1) is 7.42. The lowest BCUT2D eigenvalue weighted by molar-refractivity contribution is 0.268. The Labute approximate surface area is 59.1 Å². The Morgan fingerprint density at radius 1 is 1.60 bits per heavy atom. The number of nitrogens with zero attached hydrogens (tertiary/aromatic N) is 1. The molecule has 56 valence electrons. The average Bonchev–Trinajstić information content (AvgIpc) is 2.31. The Kier molecular flexibility index (Phi) is 2.57. The zero-order valence-corrected chi connectivity index (χ0v) is 5.72. The van der Waals surface area contributed by atoms with E-state index < -0.39 is 6.17 Å². The molecule has 0 amide bonds. The summed E-state index contributed by atoms with van der Waals surface area (Å²) in [6.07, 6.45) is 3.12. The molecule has 1 fully saturated rings. The Bertz CT molecular complexity index is 154. The number of hydrogen-bond donors (Lipinski definition) is 0. The van der Waals surface area contributed by atoms with E-state index in [0.717, 1.165) is 12.8 Å². The first-order valence-corrected chi connectivity index (χ1v) is 3.52. The van der Waals surface area contributed by atoms with E-state index in [4.69, 9.17) is 0 Å². The Hall–Kier alpha value is -0.690.